The number of benzene rings is 1. The molecule has 0 atom stereocenters. The Balaban J connectivity index is 2.66. The first-order valence-electron chi connectivity index (χ1n) is 4.89. The molecule has 0 unspecified atom stereocenters. The molecule has 0 spiro atoms. The molecule has 2 heteroatoms. The molecule has 0 radical (unpaired) electrons. The molecule has 1 aromatic heterocycles. The lowest BCUT2D eigenvalue weighted by Crippen LogP contribution is -2.00. The first kappa shape index (κ1) is 9.28. The minimum Gasteiger partial charge on any atom is -0.395 e. The van der Waals surface area contributed by atoms with Gasteiger partial charge >= 0.3 is 0 Å². The van der Waals surface area contributed by atoms with Crippen molar-refractivity contribution < 1.29 is 5.11 Å². The van der Waals surface area contributed by atoms with Gasteiger partial charge in [-0.2, -0.15) is 0 Å². The molecule has 1 aromatic carbocycles. The van der Waals surface area contributed by atoms with Crippen molar-refractivity contribution in [2.75, 3.05) is 6.61 Å². The number of fused-ring (bicyclic) bond motifs is 1. The molecule has 74 valence electrons. The van der Waals surface area contributed by atoms with Crippen molar-refractivity contribution in [3.63, 3.8) is 0 Å². The van der Waals surface area contributed by atoms with Crippen LogP contribution in [0.15, 0.2) is 24.4 Å². The molecular weight excluding hydrogens is 174 g/mol. The van der Waals surface area contributed by atoms with E-state index in [0.29, 0.717) is 6.54 Å². The van der Waals surface area contributed by atoms with Gasteiger partial charge in [-0.25, -0.2) is 0 Å². The van der Waals surface area contributed by atoms with Gasteiger partial charge < -0.3 is 9.67 Å². The maximum Gasteiger partial charge on any atom is 0.0610 e. The Labute approximate surface area is 83.8 Å². The van der Waals surface area contributed by atoms with Gasteiger partial charge in [0.1, 0.15) is 0 Å². The smallest absolute Gasteiger partial charge is 0.0610 e. The quantitative estimate of drug-likeness (QED) is 0.770. The fourth-order valence-electron chi connectivity index (χ4n) is 2.05. The van der Waals surface area contributed by atoms with Crippen molar-refractivity contribution >= 4 is 10.9 Å². The standard InChI is InChI=1S/C12H15NO/c1-9-7-10(2)12-11(8-9)3-4-13(12)5-6-14/h3-4,7-8,14H,5-6H2,1-2H3. The largest absolute Gasteiger partial charge is 0.395 e. The summed E-state index contributed by atoms with van der Waals surface area (Å²) in [6.45, 7) is 5.09. The molecule has 2 aromatic rings. The van der Waals surface area contributed by atoms with E-state index in [1.165, 1.54) is 22.0 Å². The lowest BCUT2D eigenvalue weighted by molar-refractivity contribution is 0.278. The summed E-state index contributed by atoms with van der Waals surface area (Å²) in [6.07, 6.45) is 2.04. The molecule has 0 aliphatic rings. The third-order valence-electron chi connectivity index (χ3n) is 2.54. The predicted molar refractivity (Wildman–Crippen MR) is 58.5 cm³/mol. The van der Waals surface area contributed by atoms with Crippen LogP contribution >= 0.6 is 0 Å². The third-order valence-corrected chi connectivity index (χ3v) is 2.54. The highest BCUT2D eigenvalue weighted by molar-refractivity contribution is 5.84. The minimum atomic E-state index is 0.192. The van der Waals surface area contributed by atoms with E-state index < -0.39 is 0 Å². The van der Waals surface area contributed by atoms with Crippen molar-refractivity contribution in [2.45, 2.75) is 20.4 Å². The van der Waals surface area contributed by atoms with Crippen LogP contribution < -0.4 is 0 Å². The normalized spacial score (nSPS) is 11.1. The lowest BCUT2D eigenvalue weighted by atomic mass is 10.1. The van der Waals surface area contributed by atoms with Crippen LogP contribution in [0.2, 0.25) is 0 Å². The topological polar surface area (TPSA) is 25.2 Å². The number of rotatable bonds is 2. The second-order valence-corrected chi connectivity index (χ2v) is 3.75. The van der Waals surface area contributed by atoms with Crippen LogP contribution in [0.4, 0.5) is 0 Å². The van der Waals surface area contributed by atoms with E-state index in [0.717, 1.165) is 0 Å². The van der Waals surface area contributed by atoms with E-state index in [9.17, 15) is 0 Å². The fraction of sp³-hybridized carbons (Fsp3) is 0.333. The van der Waals surface area contributed by atoms with E-state index in [-0.39, 0.29) is 6.61 Å². The van der Waals surface area contributed by atoms with Crippen molar-refractivity contribution in [1.29, 1.82) is 0 Å². The van der Waals surface area contributed by atoms with Gasteiger partial charge in [-0.1, -0.05) is 11.6 Å². The van der Waals surface area contributed by atoms with E-state index in [2.05, 4.69) is 36.6 Å². The fourth-order valence-corrected chi connectivity index (χ4v) is 2.05. The first-order chi connectivity index (χ1) is 6.72. The van der Waals surface area contributed by atoms with Gasteiger partial charge in [0.25, 0.3) is 0 Å². The van der Waals surface area contributed by atoms with Crippen LogP contribution in [0.1, 0.15) is 11.1 Å². The second-order valence-electron chi connectivity index (χ2n) is 3.75. The molecule has 1 heterocycles. The SMILES string of the molecule is Cc1cc(C)c2c(ccn2CCO)c1. The maximum atomic E-state index is 8.92. The third kappa shape index (κ3) is 1.42. The van der Waals surface area contributed by atoms with Crippen LogP contribution in [0, 0.1) is 13.8 Å². The molecule has 0 aliphatic carbocycles. The van der Waals surface area contributed by atoms with E-state index >= 15 is 0 Å². The number of hydrogen-bond donors (Lipinski definition) is 1. The van der Waals surface area contributed by atoms with Gasteiger partial charge in [0.05, 0.1) is 12.1 Å². The van der Waals surface area contributed by atoms with E-state index in [1.807, 2.05) is 6.20 Å². The molecule has 0 amide bonds. The molecule has 0 fully saturated rings. The zero-order valence-electron chi connectivity index (χ0n) is 8.62. The van der Waals surface area contributed by atoms with Gasteiger partial charge in [-0.15, -0.1) is 0 Å². The summed E-state index contributed by atoms with van der Waals surface area (Å²) in [5, 5.41) is 10.2. The minimum absolute atomic E-state index is 0.192. The van der Waals surface area contributed by atoms with Crippen molar-refractivity contribution in [1.82, 2.24) is 4.57 Å². The lowest BCUT2D eigenvalue weighted by Gasteiger charge is -2.06. The summed E-state index contributed by atoms with van der Waals surface area (Å²) >= 11 is 0. The van der Waals surface area contributed by atoms with Crippen LogP contribution in [0.25, 0.3) is 10.9 Å². The van der Waals surface area contributed by atoms with Crippen LogP contribution in [-0.4, -0.2) is 16.3 Å². The van der Waals surface area contributed by atoms with E-state index in [4.69, 9.17) is 5.11 Å². The molecule has 0 aliphatic heterocycles. The number of nitrogens with zero attached hydrogens (tertiary/aromatic N) is 1. The molecule has 1 N–H and O–H groups in total. The molecule has 0 saturated heterocycles. The van der Waals surface area contributed by atoms with Crippen LogP contribution in [0.3, 0.4) is 0 Å². The Bertz CT molecular complexity index is 457. The molecule has 2 nitrogen and oxygen atoms in total. The van der Waals surface area contributed by atoms with E-state index in [1.54, 1.807) is 0 Å². The highest BCUT2D eigenvalue weighted by Gasteiger charge is 2.03. The average molecular weight is 189 g/mol. The van der Waals surface area contributed by atoms with Crippen molar-refractivity contribution in [3.05, 3.63) is 35.5 Å². The summed E-state index contributed by atoms with van der Waals surface area (Å²) in [6, 6.07) is 6.46. The average Bonchev–Trinajstić information content (AvgIpc) is 2.49. The monoisotopic (exact) mass is 189 g/mol. The Kier molecular flexibility index (Phi) is 2.30. The number of aliphatic hydroxyl groups excluding tert-OH is 1. The highest BCUT2D eigenvalue weighted by atomic mass is 16.3. The highest BCUT2D eigenvalue weighted by Crippen LogP contribution is 2.21. The molecule has 14 heavy (non-hydrogen) atoms. The molecule has 0 saturated carbocycles. The molecule has 0 bridgehead atoms. The summed E-state index contributed by atoms with van der Waals surface area (Å²) in [5.41, 5.74) is 3.81. The Morgan fingerprint density at radius 3 is 2.79 bits per heavy atom. The zero-order valence-corrected chi connectivity index (χ0v) is 8.62. The molecule has 2 rings (SSSR count). The Morgan fingerprint density at radius 1 is 1.29 bits per heavy atom. The predicted octanol–water partition coefficient (Wildman–Crippen LogP) is 2.25. The van der Waals surface area contributed by atoms with Crippen molar-refractivity contribution in [2.24, 2.45) is 0 Å². The van der Waals surface area contributed by atoms with Gasteiger partial charge in [0.15, 0.2) is 0 Å². The first-order valence-corrected chi connectivity index (χ1v) is 4.89. The van der Waals surface area contributed by atoms with Crippen LogP contribution in [-0.2, 0) is 6.54 Å². The van der Waals surface area contributed by atoms with Gasteiger partial charge in [-0.05, 0) is 31.5 Å². The van der Waals surface area contributed by atoms with Gasteiger partial charge in [0, 0.05) is 18.1 Å². The maximum absolute atomic E-state index is 8.92. The zero-order chi connectivity index (χ0) is 10.1. The number of aryl methyl sites for hydroxylation is 2. The number of aromatic nitrogens is 1. The summed E-state index contributed by atoms with van der Waals surface area (Å²) in [4.78, 5) is 0. The number of hydrogen-bond acceptors (Lipinski definition) is 1. The Morgan fingerprint density at radius 2 is 2.07 bits per heavy atom. The van der Waals surface area contributed by atoms with Gasteiger partial charge in [0.2, 0.25) is 0 Å². The summed E-state index contributed by atoms with van der Waals surface area (Å²) < 4.78 is 2.10. The Hall–Kier alpha value is -1.28. The van der Waals surface area contributed by atoms with Gasteiger partial charge in [-0.3, -0.25) is 0 Å². The second kappa shape index (κ2) is 3.46. The summed E-state index contributed by atoms with van der Waals surface area (Å²) in [7, 11) is 0. The molecular formula is C12H15NO. The van der Waals surface area contributed by atoms with Crippen LogP contribution in [0.5, 0.6) is 0 Å². The summed E-state index contributed by atoms with van der Waals surface area (Å²) in [5.74, 6) is 0. The van der Waals surface area contributed by atoms with Crippen molar-refractivity contribution in [3.8, 4) is 0 Å². The number of aliphatic hydroxyl groups is 1.